The topological polar surface area (TPSA) is 77.2 Å². The summed E-state index contributed by atoms with van der Waals surface area (Å²) >= 11 is 13.8. The highest BCUT2D eigenvalue weighted by molar-refractivity contribution is 7.00. The van der Waals surface area contributed by atoms with Crippen LogP contribution in [0.3, 0.4) is 0 Å². The predicted octanol–water partition coefficient (Wildman–Crippen LogP) is 4.39. The number of anilines is 1. The lowest BCUT2D eigenvalue weighted by atomic mass is 9.73. The van der Waals surface area contributed by atoms with E-state index in [0.29, 0.717) is 10.0 Å². The number of hydrogen-bond acceptors (Lipinski definition) is 7. The van der Waals surface area contributed by atoms with Crippen LogP contribution in [-0.2, 0) is 4.74 Å². The van der Waals surface area contributed by atoms with Crippen LogP contribution in [0.5, 0.6) is 0 Å². The maximum absolute atomic E-state index is 6.45. The normalized spacial score (nSPS) is 23.9. The molecule has 0 amide bonds. The molecule has 5 rings (SSSR count). The van der Waals surface area contributed by atoms with Crippen LogP contribution >= 0.6 is 34.9 Å². The largest absolute Gasteiger partial charge is 0.376 e. The van der Waals surface area contributed by atoms with Gasteiger partial charge in [0.15, 0.2) is 5.82 Å². The average molecular weight is 450 g/mol. The number of ether oxygens (including phenoxy) is 1. The molecule has 2 atom stereocenters. The lowest BCUT2D eigenvalue weighted by molar-refractivity contribution is 0.0974. The van der Waals surface area contributed by atoms with Crippen molar-refractivity contribution in [3.63, 3.8) is 0 Å². The van der Waals surface area contributed by atoms with Gasteiger partial charge in [-0.05, 0) is 25.8 Å². The van der Waals surface area contributed by atoms with Crippen molar-refractivity contribution < 1.29 is 4.74 Å². The first-order valence-electron chi connectivity index (χ1n) is 9.68. The summed E-state index contributed by atoms with van der Waals surface area (Å²) in [6.07, 6.45) is 3.92. The Morgan fingerprint density at radius 3 is 2.66 bits per heavy atom. The number of nitrogens with two attached hydrogens (primary N) is 1. The molecule has 0 bridgehead atoms. The van der Waals surface area contributed by atoms with Crippen LogP contribution in [0.25, 0.3) is 22.2 Å². The van der Waals surface area contributed by atoms with Gasteiger partial charge in [0, 0.05) is 41.9 Å². The third-order valence-corrected chi connectivity index (χ3v) is 7.77. The number of aromatic nitrogens is 3. The Labute approximate surface area is 183 Å². The van der Waals surface area contributed by atoms with Gasteiger partial charge in [-0.2, -0.15) is 8.75 Å². The molecule has 2 fully saturated rings. The number of hydrogen-bond donors (Lipinski definition) is 1. The van der Waals surface area contributed by atoms with Crippen LogP contribution in [0.4, 0.5) is 5.82 Å². The predicted molar refractivity (Wildman–Crippen MR) is 118 cm³/mol. The number of rotatable bonds is 2. The van der Waals surface area contributed by atoms with E-state index >= 15 is 0 Å². The summed E-state index contributed by atoms with van der Waals surface area (Å²) < 4.78 is 14.9. The van der Waals surface area contributed by atoms with E-state index in [-0.39, 0.29) is 17.6 Å². The number of pyridine rings is 1. The van der Waals surface area contributed by atoms with Crippen molar-refractivity contribution in [1.29, 1.82) is 0 Å². The number of piperidine rings is 1. The molecular formula is C20H21Cl2N5OS. The SMILES string of the molecule is C[C@@H]1OCC2(CCN(c3ncc(-c4cccc(Cl)c4Cl)c4nsnc34)CC2)[C@@H]1N. The summed E-state index contributed by atoms with van der Waals surface area (Å²) in [4.78, 5) is 7.05. The van der Waals surface area contributed by atoms with Gasteiger partial charge in [-0.1, -0.05) is 35.3 Å². The molecule has 2 aliphatic heterocycles. The lowest BCUT2D eigenvalue weighted by Gasteiger charge is -2.41. The van der Waals surface area contributed by atoms with Gasteiger partial charge in [0.25, 0.3) is 0 Å². The van der Waals surface area contributed by atoms with E-state index in [1.54, 1.807) is 6.07 Å². The van der Waals surface area contributed by atoms with E-state index in [1.807, 2.05) is 18.3 Å². The summed E-state index contributed by atoms with van der Waals surface area (Å²) in [6.45, 7) is 4.56. The van der Waals surface area contributed by atoms with Crippen molar-refractivity contribution >= 4 is 51.8 Å². The molecular weight excluding hydrogens is 429 g/mol. The zero-order valence-electron chi connectivity index (χ0n) is 15.9. The van der Waals surface area contributed by atoms with Crippen molar-refractivity contribution in [3.8, 4) is 11.1 Å². The van der Waals surface area contributed by atoms with Gasteiger partial charge in [0.2, 0.25) is 0 Å². The first-order chi connectivity index (χ1) is 14.0. The number of benzene rings is 1. The number of nitrogens with zero attached hydrogens (tertiary/aromatic N) is 4. The van der Waals surface area contributed by atoms with Crippen LogP contribution in [0.1, 0.15) is 19.8 Å². The fourth-order valence-corrected chi connectivity index (χ4v) is 5.50. The Bertz CT molecular complexity index is 1070. The molecule has 1 aromatic carbocycles. The van der Waals surface area contributed by atoms with Crippen molar-refractivity contribution in [3.05, 3.63) is 34.4 Å². The molecule has 6 nitrogen and oxygen atoms in total. The molecule has 2 N–H and O–H groups in total. The maximum Gasteiger partial charge on any atom is 0.157 e. The monoisotopic (exact) mass is 449 g/mol. The van der Waals surface area contributed by atoms with E-state index in [4.69, 9.17) is 38.7 Å². The molecule has 3 aromatic rings. The second-order valence-electron chi connectivity index (χ2n) is 7.95. The Balaban J connectivity index is 1.47. The molecule has 2 saturated heterocycles. The highest BCUT2D eigenvalue weighted by Crippen LogP contribution is 2.43. The minimum Gasteiger partial charge on any atom is -0.376 e. The third kappa shape index (κ3) is 3.11. The smallest absolute Gasteiger partial charge is 0.157 e. The lowest BCUT2D eigenvalue weighted by Crippen LogP contribution is -2.50. The van der Waals surface area contributed by atoms with Crippen LogP contribution in [0, 0.1) is 5.41 Å². The first kappa shape index (κ1) is 19.5. The molecule has 0 unspecified atom stereocenters. The fourth-order valence-electron chi connectivity index (χ4n) is 4.54. The number of fused-ring (bicyclic) bond motifs is 1. The van der Waals surface area contributed by atoms with Crippen molar-refractivity contribution in [2.24, 2.45) is 11.1 Å². The summed E-state index contributed by atoms with van der Waals surface area (Å²) in [5.41, 5.74) is 9.80. The molecule has 152 valence electrons. The van der Waals surface area contributed by atoms with Crippen molar-refractivity contribution in [1.82, 2.24) is 13.7 Å². The highest BCUT2D eigenvalue weighted by Gasteiger charge is 2.47. The highest BCUT2D eigenvalue weighted by atomic mass is 35.5. The molecule has 29 heavy (non-hydrogen) atoms. The quantitative estimate of drug-likeness (QED) is 0.624. The second kappa shape index (κ2) is 7.32. The van der Waals surface area contributed by atoms with Gasteiger partial charge >= 0.3 is 0 Å². The van der Waals surface area contributed by atoms with E-state index in [1.165, 1.54) is 11.7 Å². The summed E-state index contributed by atoms with van der Waals surface area (Å²) in [6, 6.07) is 5.66. The van der Waals surface area contributed by atoms with Crippen LogP contribution in [0.15, 0.2) is 24.4 Å². The van der Waals surface area contributed by atoms with Gasteiger partial charge in [-0.15, -0.1) is 0 Å². The van der Waals surface area contributed by atoms with E-state index < -0.39 is 0 Å². The summed E-state index contributed by atoms with van der Waals surface area (Å²) in [5, 5.41) is 1.01. The molecule has 9 heteroatoms. The minimum absolute atomic E-state index is 0.0730. The van der Waals surface area contributed by atoms with Crippen LogP contribution in [0.2, 0.25) is 10.0 Å². The third-order valence-electron chi connectivity index (χ3n) is 6.42. The Morgan fingerprint density at radius 1 is 1.17 bits per heavy atom. The Morgan fingerprint density at radius 2 is 1.93 bits per heavy atom. The van der Waals surface area contributed by atoms with Crippen molar-refractivity contribution in [2.75, 3.05) is 24.6 Å². The molecule has 2 aromatic heterocycles. The fraction of sp³-hybridized carbons (Fsp3) is 0.450. The molecule has 0 saturated carbocycles. The standard InChI is InChI=1S/C20H21Cl2N5OS/c1-11-18(23)20(10-28-11)5-7-27(8-6-20)19-17-16(25-29-26-17)13(9-24-19)12-3-2-4-14(21)15(12)22/h2-4,9,11,18H,5-8,10,23H2,1H3/t11-,18+/m0/s1. The summed E-state index contributed by atoms with van der Waals surface area (Å²) in [7, 11) is 0. The van der Waals surface area contributed by atoms with Gasteiger partial charge in [-0.25, -0.2) is 4.98 Å². The summed E-state index contributed by atoms with van der Waals surface area (Å²) in [5.74, 6) is 0.867. The molecule has 0 radical (unpaired) electrons. The zero-order chi connectivity index (χ0) is 20.2. The first-order valence-corrected chi connectivity index (χ1v) is 11.2. The Kier molecular flexibility index (Phi) is 4.91. The average Bonchev–Trinajstić information content (AvgIpc) is 3.32. The molecule has 1 spiro atoms. The maximum atomic E-state index is 6.45. The van der Waals surface area contributed by atoms with E-state index in [9.17, 15) is 0 Å². The second-order valence-corrected chi connectivity index (χ2v) is 9.26. The molecule has 4 heterocycles. The van der Waals surface area contributed by atoms with Gasteiger partial charge in [0.1, 0.15) is 11.0 Å². The van der Waals surface area contributed by atoms with Gasteiger partial charge in [0.05, 0.1) is 34.5 Å². The van der Waals surface area contributed by atoms with E-state index in [0.717, 1.165) is 60.5 Å². The number of halogens is 2. The molecule has 2 aliphatic rings. The van der Waals surface area contributed by atoms with Crippen molar-refractivity contribution in [2.45, 2.75) is 31.9 Å². The van der Waals surface area contributed by atoms with Crippen LogP contribution in [-0.4, -0.2) is 45.6 Å². The van der Waals surface area contributed by atoms with Gasteiger partial charge < -0.3 is 15.4 Å². The molecule has 0 aliphatic carbocycles. The zero-order valence-corrected chi connectivity index (χ0v) is 18.3. The van der Waals surface area contributed by atoms with Crippen LogP contribution < -0.4 is 10.6 Å². The van der Waals surface area contributed by atoms with Gasteiger partial charge in [-0.3, -0.25) is 0 Å². The minimum atomic E-state index is 0.0730. The Hall–Kier alpha value is -1.51. The van der Waals surface area contributed by atoms with E-state index in [2.05, 4.69) is 20.6 Å².